The van der Waals surface area contributed by atoms with E-state index in [0.717, 1.165) is 49.3 Å². The third kappa shape index (κ3) is 6.68. The summed E-state index contributed by atoms with van der Waals surface area (Å²) in [6.45, 7) is -1.23. The van der Waals surface area contributed by atoms with Gasteiger partial charge in [0.25, 0.3) is 0 Å². The number of carbonyl (C=O) groups excluding carboxylic acids is 1. The molecule has 3 aromatic rings. The Labute approximate surface area is 249 Å². The zero-order valence-electron chi connectivity index (χ0n) is 22.7. The zero-order valence-corrected chi connectivity index (χ0v) is 24.3. The molecule has 0 unspecified atom stereocenters. The molecule has 1 aliphatic rings. The van der Waals surface area contributed by atoms with Crippen LogP contribution in [0.1, 0.15) is 59.5 Å². The van der Waals surface area contributed by atoms with Crippen molar-refractivity contribution in [3.05, 3.63) is 93.3 Å². The predicted octanol–water partition coefficient (Wildman–Crippen LogP) is 6.64. The third-order valence-corrected chi connectivity index (χ3v) is 9.53. The van der Waals surface area contributed by atoms with Crippen molar-refractivity contribution in [3.8, 4) is 0 Å². The van der Waals surface area contributed by atoms with E-state index in [-0.39, 0.29) is 27.1 Å². The van der Waals surface area contributed by atoms with Crippen molar-refractivity contribution in [1.82, 2.24) is 4.31 Å². The number of rotatable bonds is 9. The molecule has 14 heteroatoms. The maximum atomic E-state index is 14.3. The van der Waals surface area contributed by atoms with Crippen LogP contribution >= 0.6 is 11.6 Å². The van der Waals surface area contributed by atoms with Crippen LogP contribution in [0.2, 0.25) is 5.02 Å². The molecular formula is C29H26ClF5N2O5S. The second kappa shape index (κ2) is 13.0. The molecule has 0 heterocycles. The molecule has 1 fully saturated rings. The molecule has 7 nitrogen and oxygen atoms in total. The molecule has 1 saturated carbocycles. The van der Waals surface area contributed by atoms with E-state index in [1.807, 2.05) is 12.1 Å². The fraction of sp³-hybridized carbons (Fsp3) is 0.310. The minimum atomic E-state index is -5.40. The van der Waals surface area contributed by atoms with Crippen LogP contribution in [0.4, 0.5) is 27.6 Å². The maximum absolute atomic E-state index is 14.3. The molecule has 0 bridgehead atoms. The molecule has 0 aliphatic heterocycles. The highest BCUT2D eigenvalue weighted by molar-refractivity contribution is 7.89. The van der Waals surface area contributed by atoms with Crippen molar-refractivity contribution >= 4 is 39.2 Å². The molecule has 1 aliphatic carbocycles. The van der Waals surface area contributed by atoms with Gasteiger partial charge in [0.05, 0.1) is 23.7 Å². The summed E-state index contributed by atoms with van der Waals surface area (Å²) in [4.78, 5) is 23.9. The number of carboxylic acids is 1. The first-order valence-corrected chi connectivity index (χ1v) is 15.0. The monoisotopic (exact) mass is 644 g/mol. The van der Waals surface area contributed by atoms with Gasteiger partial charge in [-0.3, -0.25) is 4.79 Å². The Morgan fingerprint density at radius 3 is 1.98 bits per heavy atom. The summed E-state index contributed by atoms with van der Waals surface area (Å²) in [6.07, 6.45) is 5.56. The van der Waals surface area contributed by atoms with Gasteiger partial charge in [-0.05, 0) is 48.1 Å². The van der Waals surface area contributed by atoms with Gasteiger partial charge in [-0.1, -0.05) is 55.1 Å². The standard InChI is InChI=1S/C29H26ClF5N2O5S/c1-36(43(41,42)28-26(34)24(32)23(31)25(33)27(28)35)15-22(38)37(19-11-12-20(29(39)40)21(30)13-19)14-16-7-9-18(10-8-16)17-5-3-2-4-6-17/h7-13,17H,2-6,14-15H2,1H3,(H,39,40). The number of hydrogen-bond donors (Lipinski definition) is 1. The Balaban J connectivity index is 1.66. The summed E-state index contributed by atoms with van der Waals surface area (Å²) in [7, 11) is -4.67. The normalized spacial score (nSPS) is 14.2. The van der Waals surface area contributed by atoms with Gasteiger partial charge in [-0.15, -0.1) is 0 Å². The number of amides is 1. The lowest BCUT2D eigenvalue weighted by atomic mass is 9.84. The Kier molecular flexibility index (Phi) is 9.77. The summed E-state index contributed by atoms with van der Waals surface area (Å²) in [5, 5.41) is 9.09. The van der Waals surface area contributed by atoms with Crippen molar-refractivity contribution in [2.45, 2.75) is 49.5 Å². The fourth-order valence-corrected chi connectivity index (χ4v) is 6.49. The first-order chi connectivity index (χ1) is 20.2. The van der Waals surface area contributed by atoms with Gasteiger partial charge in [-0.2, -0.15) is 4.31 Å². The second-order valence-electron chi connectivity index (χ2n) is 10.2. The fourth-order valence-electron chi connectivity index (χ4n) is 5.01. The van der Waals surface area contributed by atoms with Gasteiger partial charge in [0, 0.05) is 12.7 Å². The molecule has 3 aromatic carbocycles. The van der Waals surface area contributed by atoms with Crippen LogP contribution in [0.25, 0.3) is 0 Å². The first kappa shape index (κ1) is 32.4. The minimum absolute atomic E-state index is 0.0680. The molecule has 0 atom stereocenters. The van der Waals surface area contributed by atoms with E-state index in [1.54, 1.807) is 12.1 Å². The van der Waals surface area contributed by atoms with Crippen molar-refractivity contribution in [3.63, 3.8) is 0 Å². The number of carbonyl (C=O) groups is 2. The molecule has 1 amide bonds. The summed E-state index contributed by atoms with van der Waals surface area (Å²) in [6, 6.07) is 11.0. The van der Waals surface area contributed by atoms with Crippen LogP contribution in [-0.4, -0.2) is 43.3 Å². The summed E-state index contributed by atoms with van der Waals surface area (Å²) >= 11 is 6.11. The van der Waals surface area contributed by atoms with Gasteiger partial charge in [0.15, 0.2) is 28.2 Å². The van der Waals surface area contributed by atoms with Crippen LogP contribution in [0, 0.1) is 29.1 Å². The Morgan fingerprint density at radius 2 is 1.44 bits per heavy atom. The lowest BCUT2D eigenvalue weighted by Crippen LogP contribution is -2.41. The van der Waals surface area contributed by atoms with Crippen LogP contribution in [0.15, 0.2) is 47.4 Å². The first-order valence-electron chi connectivity index (χ1n) is 13.1. The number of aromatic carboxylic acids is 1. The van der Waals surface area contributed by atoms with E-state index in [1.165, 1.54) is 18.6 Å². The van der Waals surface area contributed by atoms with Gasteiger partial charge in [0.1, 0.15) is 0 Å². The highest BCUT2D eigenvalue weighted by Crippen LogP contribution is 2.33. The highest BCUT2D eigenvalue weighted by Gasteiger charge is 2.37. The van der Waals surface area contributed by atoms with Crippen LogP contribution in [0.5, 0.6) is 0 Å². The van der Waals surface area contributed by atoms with Gasteiger partial charge < -0.3 is 10.0 Å². The predicted molar refractivity (Wildman–Crippen MR) is 148 cm³/mol. The van der Waals surface area contributed by atoms with Crippen LogP contribution < -0.4 is 4.90 Å². The van der Waals surface area contributed by atoms with E-state index in [9.17, 15) is 45.1 Å². The van der Waals surface area contributed by atoms with E-state index in [0.29, 0.717) is 11.5 Å². The summed E-state index contributed by atoms with van der Waals surface area (Å²) < 4.78 is 95.7. The average molecular weight is 645 g/mol. The topological polar surface area (TPSA) is 95.0 Å². The minimum Gasteiger partial charge on any atom is -0.478 e. The largest absolute Gasteiger partial charge is 0.478 e. The smallest absolute Gasteiger partial charge is 0.337 e. The van der Waals surface area contributed by atoms with Crippen molar-refractivity contribution in [2.75, 3.05) is 18.5 Å². The third-order valence-electron chi connectivity index (χ3n) is 7.39. The molecule has 230 valence electrons. The van der Waals surface area contributed by atoms with Gasteiger partial charge in [0.2, 0.25) is 21.7 Å². The average Bonchev–Trinajstić information content (AvgIpc) is 2.98. The molecule has 1 N–H and O–H groups in total. The van der Waals surface area contributed by atoms with E-state index in [4.69, 9.17) is 11.6 Å². The summed E-state index contributed by atoms with van der Waals surface area (Å²) in [5.41, 5.74) is 1.54. The van der Waals surface area contributed by atoms with Gasteiger partial charge >= 0.3 is 5.97 Å². The Morgan fingerprint density at radius 1 is 0.884 bits per heavy atom. The number of halogens is 6. The number of anilines is 1. The lowest BCUT2D eigenvalue weighted by Gasteiger charge is -2.27. The lowest BCUT2D eigenvalue weighted by molar-refractivity contribution is -0.118. The molecule has 0 radical (unpaired) electrons. The summed E-state index contributed by atoms with van der Waals surface area (Å²) in [5.74, 6) is -14.5. The van der Waals surface area contributed by atoms with Crippen molar-refractivity contribution in [2.24, 2.45) is 0 Å². The quantitative estimate of drug-likeness (QED) is 0.160. The molecule has 0 aromatic heterocycles. The molecule has 4 rings (SSSR count). The molecular weight excluding hydrogens is 619 g/mol. The van der Waals surface area contributed by atoms with E-state index < -0.39 is 62.4 Å². The molecule has 0 spiro atoms. The number of sulfonamides is 1. The van der Waals surface area contributed by atoms with E-state index >= 15 is 0 Å². The second-order valence-corrected chi connectivity index (χ2v) is 12.6. The number of nitrogens with zero attached hydrogens (tertiary/aromatic N) is 2. The van der Waals surface area contributed by atoms with Crippen molar-refractivity contribution < 1.29 is 45.1 Å². The number of likely N-dealkylation sites (N-methyl/N-ethyl adjacent to an activating group) is 1. The maximum Gasteiger partial charge on any atom is 0.337 e. The zero-order chi connectivity index (χ0) is 31.6. The number of hydrogen-bond acceptors (Lipinski definition) is 4. The Hall–Kier alpha value is -3.55. The van der Waals surface area contributed by atoms with E-state index in [2.05, 4.69) is 0 Å². The number of carboxylic acid groups (broad SMARTS) is 1. The molecule has 43 heavy (non-hydrogen) atoms. The number of benzene rings is 3. The Bertz CT molecular complexity index is 1640. The van der Waals surface area contributed by atoms with Crippen LogP contribution in [0.3, 0.4) is 0 Å². The van der Waals surface area contributed by atoms with Gasteiger partial charge in [-0.25, -0.2) is 35.2 Å². The van der Waals surface area contributed by atoms with Crippen molar-refractivity contribution in [1.29, 1.82) is 0 Å². The SMILES string of the molecule is CN(CC(=O)N(Cc1ccc(C2CCCCC2)cc1)c1ccc(C(=O)O)c(Cl)c1)S(=O)(=O)c1c(F)c(F)c(F)c(F)c1F. The highest BCUT2D eigenvalue weighted by atomic mass is 35.5. The molecule has 0 saturated heterocycles. The van der Waals surface area contributed by atoms with Crippen LogP contribution in [-0.2, 0) is 21.4 Å².